The lowest BCUT2D eigenvalue weighted by Gasteiger charge is -2.58. The molecule has 1 aliphatic heterocycles. The van der Waals surface area contributed by atoms with Gasteiger partial charge in [0, 0.05) is 24.2 Å². The van der Waals surface area contributed by atoms with Crippen molar-refractivity contribution in [3.05, 3.63) is 29.6 Å². The fourth-order valence-corrected chi connectivity index (χ4v) is 3.50. The minimum absolute atomic E-state index is 0.243. The molecule has 108 valence electrons. The SMILES string of the molecule is O=CN1CC2(CC(Cc3cccc(C(F)(F)F)n3)C2)C1. The molecule has 1 aliphatic carbocycles. The predicted octanol–water partition coefficient (Wildman–Crippen LogP) is 2.51. The van der Waals surface area contributed by atoms with Crippen molar-refractivity contribution in [2.24, 2.45) is 11.3 Å². The molecule has 20 heavy (non-hydrogen) atoms. The first kappa shape index (κ1) is 13.4. The van der Waals surface area contributed by atoms with Crippen LogP contribution in [0, 0.1) is 11.3 Å². The van der Waals surface area contributed by atoms with Gasteiger partial charge in [-0.15, -0.1) is 0 Å². The second kappa shape index (κ2) is 4.46. The van der Waals surface area contributed by atoms with Gasteiger partial charge >= 0.3 is 6.18 Å². The van der Waals surface area contributed by atoms with E-state index >= 15 is 0 Å². The van der Waals surface area contributed by atoms with Crippen molar-refractivity contribution in [3.8, 4) is 0 Å². The van der Waals surface area contributed by atoms with E-state index in [1.165, 1.54) is 6.07 Å². The summed E-state index contributed by atoms with van der Waals surface area (Å²) in [5.74, 6) is 0.389. The Labute approximate surface area is 114 Å². The number of amides is 1. The van der Waals surface area contributed by atoms with Crippen molar-refractivity contribution in [2.75, 3.05) is 13.1 Å². The van der Waals surface area contributed by atoms with E-state index in [1.807, 2.05) is 0 Å². The first-order chi connectivity index (χ1) is 9.40. The minimum atomic E-state index is -4.38. The number of carbonyl (C=O) groups excluding carboxylic acids is 1. The summed E-state index contributed by atoms with van der Waals surface area (Å²) in [6, 6.07) is 4.06. The van der Waals surface area contributed by atoms with E-state index in [4.69, 9.17) is 0 Å². The number of likely N-dealkylation sites (tertiary alicyclic amines) is 1. The van der Waals surface area contributed by atoms with Crippen molar-refractivity contribution in [3.63, 3.8) is 0 Å². The summed E-state index contributed by atoms with van der Waals surface area (Å²) >= 11 is 0. The van der Waals surface area contributed by atoms with Gasteiger partial charge in [-0.2, -0.15) is 13.2 Å². The van der Waals surface area contributed by atoms with Crippen LogP contribution in [0.1, 0.15) is 24.2 Å². The number of alkyl halides is 3. The van der Waals surface area contributed by atoms with E-state index in [0.29, 0.717) is 18.0 Å². The molecule has 0 atom stereocenters. The summed E-state index contributed by atoms with van der Waals surface area (Å²) in [7, 11) is 0. The fraction of sp³-hybridized carbons (Fsp3) is 0.571. The van der Waals surface area contributed by atoms with Crippen LogP contribution >= 0.6 is 0 Å². The normalized spacial score (nSPS) is 21.4. The fourth-order valence-electron chi connectivity index (χ4n) is 3.50. The maximum atomic E-state index is 12.6. The third-order valence-corrected chi connectivity index (χ3v) is 4.26. The summed E-state index contributed by atoms with van der Waals surface area (Å²) < 4.78 is 37.7. The van der Waals surface area contributed by atoms with E-state index < -0.39 is 11.9 Å². The van der Waals surface area contributed by atoms with Gasteiger partial charge in [0.2, 0.25) is 6.41 Å². The molecule has 1 amide bonds. The van der Waals surface area contributed by atoms with Crippen LogP contribution in [-0.4, -0.2) is 29.4 Å². The highest BCUT2D eigenvalue weighted by Crippen LogP contribution is 2.52. The molecule has 6 heteroatoms. The number of aromatic nitrogens is 1. The van der Waals surface area contributed by atoms with Gasteiger partial charge in [0.25, 0.3) is 0 Å². The molecule has 0 radical (unpaired) electrons. The van der Waals surface area contributed by atoms with Gasteiger partial charge in [-0.3, -0.25) is 4.79 Å². The zero-order valence-electron chi connectivity index (χ0n) is 10.9. The molecule has 2 aliphatic rings. The Balaban J connectivity index is 1.57. The number of halogens is 3. The Kier molecular flexibility index (Phi) is 2.99. The van der Waals surface area contributed by atoms with Crippen molar-refractivity contribution in [1.29, 1.82) is 0 Å². The highest BCUT2D eigenvalue weighted by molar-refractivity contribution is 5.49. The lowest BCUT2D eigenvalue weighted by atomic mass is 9.57. The van der Waals surface area contributed by atoms with Gasteiger partial charge in [0.1, 0.15) is 5.69 Å². The molecule has 1 saturated carbocycles. The molecule has 0 bridgehead atoms. The average Bonchev–Trinajstić information content (AvgIpc) is 2.30. The van der Waals surface area contributed by atoms with Crippen molar-refractivity contribution in [1.82, 2.24) is 9.88 Å². The van der Waals surface area contributed by atoms with Crippen LogP contribution in [0.3, 0.4) is 0 Å². The van der Waals surface area contributed by atoms with Crippen LogP contribution in [-0.2, 0) is 17.4 Å². The molecule has 1 saturated heterocycles. The summed E-state index contributed by atoms with van der Waals surface area (Å²) in [6.07, 6.45) is -0.973. The monoisotopic (exact) mass is 284 g/mol. The molecule has 3 rings (SSSR count). The van der Waals surface area contributed by atoms with Gasteiger partial charge in [-0.1, -0.05) is 6.07 Å². The molecular weight excluding hydrogens is 269 g/mol. The molecule has 1 aromatic heterocycles. The minimum Gasteiger partial charge on any atom is -0.344 e. The summed E-state index contributed by atoms with van der Waals surface area (Å²) in [5.41, 5.74) is -0.0706. The van der Waals surface area contributed by atoms with Gasteiger partial charge < -0.3 is 4.90 Å². The van der Waals surface area contributed by atoms with E-state index in [0.717, 1.165) is 38.4 Å². The van der Waals surface area contributed by atoms with Crippen LogP contribution in [0.4, 0.5) is 13.2 Å². The van der Waals surface area contributed by atoms with Crippen molar-refractivity contribution >= 4 is 6.41 Å². The quantitative estimate of drug-likeness (QED) is 0.799. The van der Waals surface area contributed by atoms with Crippen molar-refractivity contribution in [2.45, 2.75) is 25.4 Å². The number of hydrogen-bond acceptors (Lipinski definition) is 2. The predicted molar refractivity (Wildman–Crippen MR) is 65.7 cm³/mol. The Morgan fingerprint density at radius 1 is 1.35 bits per heavy atom. The van der Waals surface area contributed by atoms with Gasteiger partial charge in [-0.05, 0) is 37.3 Å². The highest BCUT2D eigenvalue weighted by Gasteiger charge is 2.51. The molecule has 0 aromatic carbocycles. The molecule has 0 N–H and O–H groups in total. The number of pyridine rings is 1. The van der Waals surface area contributed by atoms with Crippen LogP contribution in [0.25, 0.3) is 0 Å². The van der Waals surface area contributed by atoms with E-state index in [-0.39, 0.29) is 5.41 Å². The summed E-state index contributed by atoms with van der Waals surface area (Å²) in [6.45, 7) is 1.59. The molecule has 2 heterocycles. The largest absolute Gasteiger partial charge is 0.433 e. The number of hydrogen-bond donors (Lipinski definition) is 0. The van der Waals surface area contributed by atoms with E-state index in [9.17, 15) is 18.0 Å². The zero-order chi connectivity index (χ0) is 14.4. The van der Waals surface area contributed by atoms with Crippen LogP contribution in [0.15, 0.2) is 18.2 Å². The Hall–Kier alpha value is -1.59. The zero-order valence-corrected chi connectivity index (χ0v) is 10.9. The van der Waals surface area contributed by atoms with Gasteiger partial charge in [-0.25, -0.2) is 4.98 Å². The third-order valence-electron chi connectivity index (χ3n) is 4.26. The lowest BCUT2D eigenvalue weighted by molar-refractivity contribution is -0.141. The van der Waals surface area contributed by atoms with Gasteiger partial charge in [0.05, 0.1) is 0 Å². The Morgan fingerprint density at radius 2 is 2.05 bits per heavy atom. The standard InChI is InChI=1S/C14H15F3N2O/c15-14(16,17)12-3-1-2-11(18-12)4-10-5-13(6-10)7-19(8-13)9-20/h1-3,9-10H,4-8H2. The maximum Gasteiger partial charge on any atom is 0.433 e. The molecule has 1 aromatic rings. The first-order valence-electron chi connectivity index (χ1n) is 6.63. The van der Waals surface area contributed by atoms with Crippen LogP contribution < -0.4 is 0 Å². The highest BCUT2D eigenvalue weighted by atomic mass is 19.4. The number of nitrogens with zero attached hydrogens (tertiary/aromatic N) is 2. The van der Waals surface area contributed by atoms with E-state index in [2.05, 4.69) is 4.98 Å². The Morgan fingerprint density at radius 3 is 2.65 bits per heavy atom. The Bertz CT molecular complexity index is 515. The number of carbonyl (C=O) groups is 1. The van der Waals surface area contributed by atoms with Gasteiger partial charge in [0.15, 0.2) is 0 Å². The summed E-state index contributed by atoms with van der Waals surface area (Å²) in [5, 5.41) is 0. The molecule has 1 spiro atoms. The average molecular weight is 284 g/mol. The second-order valence-electron chi connectivity index (χ2n) is 6.00. The molecule has 2 fully saturated rings. The molecule has 0 unspecified atom stereocenters. The van der Waals surface area contributed by atoms with Crippen LogP contribution in [0.5, 0.6) is 0 Å². The molecular formula is C14H15F3N2O. The van der Waals surface area contributed by atoms with Crippen molar-refractivity contribution < 1.29 is 18.0 Å². The molecule has 3 nitrogen and oxygen atoms in total. The maximum absolute atomic E-state index is 12.6. The topological polar surface area (TPSA) is 33.2 Å². The van der Waals surface area contributed by atoms with Crippen LogP contribution in [0.2, 0.25) is 0 Å². The first-order valence-corrected chi connectivity index (χ1v) is 6.63. The third kappa shape index (κ3) is 2.39. The smallest absolute Gasteiger partial charge is 0.344 e. The van der Waals surface area contributed by atoms with E-state index in [1.54, 1.807) is 11.0 Å². The summed E-state index contributed by atoms with van der Waals surface area (Å²) in [4.78, 5) is 16.0. The number of rotatable bonds is 3. The lowest BCUT2D eigenvalue weighted by Crippen LogP contribution is -2.61. The second-order valence-corrected chi connectivity index (χ2v) is 6.00.